The molecular formula is C14H21NO5S. The molecule has 1 rings (SSSR count). The van der Waals surface area contributed by atoms with E-state index in [1.807, 2.05) is 0 Å². The van der Waals surface area contributed by atoms with Gasteiger partial charge in [0.1, 0.15) is 11.8 Å². The van der Waals surface area contributed by atoms with Crippen molar-refractivity contribution in [2.45, 2.75) is 38.1 Å². The Morgan fingerprint density at radius 2 is 1.81 bits per heavy atom. The van der Waals surface area contributed by atoms with Crippen molar-refractivity contribution in [3.63, 3.8) is 0 Å². The Balaban J connectivity index is 2.70. The Bertz CT molecular complexity index is 566. The molecule has 0 spiro atoms. The van der Waals surface area contributed by atoms with Crippen LogP contribution in [0.15, 0.2) is 29.2 Å². The summed E-state index contributed by atoms with van der Waals surface area (Å²) >= 11 is 0. The monoisotopic (exact) mass is 315 g/mol. The van der Waals surface area contributed by atoms with Gasteiger partial charge in [-0.15, -0.1) is 0 Å². The summed E-state index contributed by atoms with van der Waals surface area (Å²) in [5, 5.41) is 8.73. The van der Waals surface area contributed by atoms with Crippen LogP contribution < -0.4 is 9.46 Å². The molecule has 1 unspecified atom stereocenters. The first-order chi connectivity index (χ1) is 9.72. The zero-order valence-electron chi connectivity index (χ0n) is 12.4. The average Bonchev–Trinajstić information content (AvgIpc) is 2.38. The van der Waals surface area contributed by atoms with Gasteiger partial charge < -0.3 is 9.84 Å². The number of aliphatic carboxylic acids is 1. The van der Waals surface area contributed by atoms with Crippen molar-refractivity contribution in [2.75, 3.05) is 6.61 Å². The highest BCUT2D eigenvalue weighted by Gasteiger charge is 2.21. The van der Waals surface area contributed by atoms with E-state index in [9.17, 15) is 13.2 Å². The lowest BCUT2D eigenvalue weighted by atomic mass is 10.1. The number of nitrogens with one attached hydrogen (secondary N) is 1. The first-order valence-electron chi connectivity index (χ1n) is 6.70. The van der Waals surface area contributed by atoms with Gasteiger partial charge in [-0.25, -0.2) is 8.42 Å². The maximum atomic E-state index is 11.9. The molecule has 0 aliphatic heterocycles. The van der Waals surface area contributed by atoms with Crippen molar-refractivity contribution in [1.29, 1.82) is 0 Å². The van der Waals surface area contributed by atoms with Gasteiger partial charge in [-0.2, -0.15) is 4.72 Å². The minimum atomic E-state index is -3.84. The number of hydrogen-bond acceptors (Lipinski definition) is 4. The van der Waals surface area contributed by atoms with Crippen molar-refractivity contribution in [2.24, 2.45) is 5.92 Å². The van der Waals surface area contributed by atoms with Crippen LogP contribution in [0, 0.1) is 5.92 Å². The number of carboxylic acid groups (broad SMARTS) is 1. The zero-order chi connectivity index (χ0) is 16.0. The Morgan fingerprint density at radius 1 is 1.24 bits per heavy atom. The minimum Gasteiger partial charge on any atom is -0.494 e. The van der Waals surface area contributed by atoms with E-state index in [1.165, 1.54) is 19.1 Å². The second-order valence-corrected chi connectivity index (χ2v) is 6.90. The molecule has 1 aromatic rings. The lowest BCUT2D eigenvalue weighted by Crippen LogP contribution is -2.38. The molecule has 118 valence electrons. The third-order valence-electron chi connectivity index (χ3n) is 2.80. The molecule has 7 heteroatoms. The molecule has 0 saturated heterocycles. The smallest absolute Gasteiger partial charge is 0.321 e. The summed E-state index contributed by atoms with van der Waals surface area (Å²) in [6.45, 7) is 6.02. The van der Waals surface area contributed by atoms with Gasteiger partial charge >= 0.3 is 5.97 Å². The van der Waals surface area contributed by atoms with E-state index in [0.29, 0.717) is 18.3 Å². The number of rotatable bonds is 8. The minimum absolute atomic E-state index is 0.00631. The Morgan fingerprint density at radius 3 is 2.29 bits per heavy atom. The van der Waals surface area contributed by atoms with Crippen LogP contribution in [0.1, 0.15) is 27.2 Å². The summed E-state index contributed by atoms with van der Waals surface area (Å²) in [5.41, 5.74) is 0. The van der Waals surface area contributed by atoms with Gasteiger partial charge in [-0.1, -0.05) is 13.8 Å². The van der Waals surface area contributed by atoms with Gasteiger partial charge in [0.2, 0.25) is 10.0 Å². The van der Waals surface area contributed by atoms with Gasteiger partial charge in [0.25, 0.3) is 0 Å². The van der Waals surface area contributed by atoms with Crippen LogP contribution in [0.4, 0.5) is 0 Å². The van der Waals surface area contributed by atoms with Crippen LogP contribution in [0.2, 0.25) is 0 Å². The molecule has 0 aliphatic carbocycles. The fraction of sp³-hybridized carbons (Fsp3) is 0.500. The first-order valence-corrected chi connectivity index (χ1v) is 8.18. The van der Waals surface area contributed by atoms with E-state index < -0.39 is 22.0 Å². The second-order valence-electron chi connectivity index (χ2n) is 5.18. The van der Waals surface area contributed by atoms with E-state index in [2.05, 4.69) is 18.6 Å². The Hall–Kier alpha value is -1.60. The van der Waals surface area contributed by atoms with Crippen molar-refractivity contribution in [1.82, 2.24) is 4.72 Å². The van der Waals surface area contributed by atoms with Gasteiger partial charge in [0.05, 0.1) is 11.5 Å². The van der Waals surface area contributed by atoms with Crippen LogP contribution in [0.3, 0.4) is 0 Å². The molecule has 2 N–H and O–H groups in total. The normalized spacial score (nSPS) is 13.1. The van der Waals surface area contributed by atoms with Crippen LogP contribution >= 0.6 is 0 Å². The molecule has 1 aromatic carbocycles. The predicted octanol–water partition coefficient (Wildman–Crippen LogP) is 1.86. The zero-order valence-corrected chi connectivity index (χ0v) is 13.2. The van der Waals surface area contributed by atoms with Crippen molar-refractivity contribution < 1.29 is 23.1 Å². The second kappa shape index (κ2) is 7.42. The number of sulfonamides is 1. The van der Waals surface area contributed by atoms with Crippen LogP contribution in [0.25, 0.3) is 0 Å². The highest BCUT2D eigenvalue weighted by atomic mass is 32.2. The maximum absolute atomic E-state index is 11.9. The lowest BCUT2D eigenvalue weighted by molar-refractivity contribution is -0.138. The van der Waals surface area contributed by atoms with Crippen LogP contribution in [0.5, 0.6) is 5.75 Å². The highest BCUT2D eigenvalue weighted by molar-refractivity contribution is 7.89. The molecule has 0 radical (unpaired) electrons. The van der Waals surface area contributed by atoms with Crippen LogP contribution in [-0.4, -0.2) is 32.1 Å². The van der Waals surface area contributed by atoms with Gasteiger partial charge in [0.15, 0.2) is 0 Å². The highest BCUT2D eigenvalue weighted by Crippen LogP contribution is 2.17. The van der Waals surface area contributed by atoms with E-state index in [0.717, 1.165) is 6.42 Å². The molecule has 0 bridgehead atoms. The maximum Gasteiger partial charge on any atom is 0.321 e. The number of benzene rings is 1. The SMILES string of the molecule is CC(C)CCOc1ccc(S(=O)(=O)NC(C)C(=O)O)cc1. The number of carbonyl (C=O) groups is 1. The molecule has 0 aromatic heterocycles. The molecule has 0 heterocycles. The fourth-order valence-corrected chi connectivity index (χ4v) is 2.68. The number of ether oxygens (including phenoxy) is 1. The van der Waals surface area contributed by atoms with Crippen molar-refractivity contribution in [3.05, 3.63) is 24.3 Å². The summed E-state index contributed by atoms with van der Waals surface area (Å²) in [6.07, 6.45) is 0.914. The van der Waals surface area contributed by atoms with Gasteiger partial charge in [-0.3, -0.25) is 4.79 Å². The van der Waals surface area contributed by atoms with Crippen molar-refractivity contribution in [3.8, 4) is 5.75 Å². The first kappa shape index (κ1) is 17.5. The van der Waals surface area contributed by atoms with E-state index >= 15 is 0 Å². The average molecular weight is 315 g/mol. The van der Waals surface area contributed by atoms with Crippen LogP contribution in [-0.2, 0) is 14.8 Å². The van der Waals surface area contributed by atoms with Crippen molar-refractivity contribution >= 4 is 16.0 Å². The predicted molar refractivity (Wildman–Crippen MR) is 78.8 cm³/mol. The number of carboxylic acids is 1. The largest absolute Gasteiger partial charge is 0.494 e. The van der Waals surface area contributed by atoms with E-state index in [1.54, 1.807) is 12.1 Å². The molecule has 0 aliphatic rings. The fourth-order valence-electron chi connectivity index (χ4n) is 1.48. The van der Waals surface area contributed by atoms with Gasteiger partial charge in [-0.05, 0) is 43.5 Å². The molecular weight excluding hydrogens is 294 g/mol. The van der Waals surface area contributed by atoms with Gasteiger partial charge in [0, 0.05) is 0 Å². The molecule has 6 nitrogen and oxygen atoms in total. The molecule has 1 atom stereocenters. The van der Waals surface area contributed by atoms with E-state index in [-0.39, 0.29) is 4.90 Å². The number of hydrogen-bond donors (Lipinski definition) is 2. The molecule has 0 saturated carbocycles. The molecule has 0 fully saturated rings. The lowest BCUT2D eigenvalue weighted by Gasteiger charge is -2.11. The Kier molecular flexibility index (Phi) is 6.17. The quantitative estimate of drug-likeness (QED) is 0.764. The summed E-state index contributed by atoms with van der Waals surface area (Å²) in [5.74, 6) is -0.112. The summed E-state index contributed by atoms with van der Waals surface area (Å²) in [7, 11) is -3.84. The summed E-state index contributed by atoms with van der Waals surface area (Å²) in [4.78, 5) is 10.7. The summed E-state index contributed by atoms with van der Waals surface area (Å²) in [6, 6.07) is 4.71. The Labute approximate surface area is 125 Å². The standard InChI is InChI=1S/C14H21NO5S/c1-10(2)8-9-20-12-4-6-13(7-5-12)21(18,19)15-11(3)14(16)17/h4-7,10-11,15H,8-9H2,1-3H3,(H,16,17). The topological polar surface area (TPSA) is 92.7 Å². The molecule has 21 heavy (non-hydrogen) atoms. The third kappa shape index (κ3) is 5.73. The van der Waals surface area contributed by atoms with E-state index in [4.69, 9.17) is 9.84 Å². The summed E-state index contributed by atoms with van der Waals surface area (Å²) < 4.78 is 31.5. The third-order valence-corrected chi connectivity index (χ3v) is 4.36. The molecule has 0 amide bonds.